The first-order valence-electron chi connectivity index (χ1n) is 7.62. The van der Waals surface area contributed by atoms with Gasteiger partial charge in [0.1, 0.15) is 23.0 Å². The van der Waals surface area contributed by atoms with Gasteiger partial charge in [0.25, 0.3) is 0 Å². The lowest BCUT2D eigenvalue weighted by Gasteiger charge is -2.35. The van der Waals surface area contributed by atoms with Gasteiger partial charge >= 0.3 is 0 Å². The first-order chi connectivity index (χ1) is 11.5. The van der Waals surface area contributed by atoms with E-state index >= 15 is 0 Å². The van der Waals surface area contributed by atoms with Gasteiger partial charge in [-0.25, -0.2) is 23.1 Å². The fraction of sp³-hybridized carbons (Fsp3) is 0.375. The Morgan fingerprint density at radius 1 is 1.25 bits per heavy atom. The molecule has 0 spiro atoms. The van der Waals surface area contributed by atoms with Crippen LogP contribution in [0.5, 0.6) is 0 Å². The summed E-state index contributed by atoms with van der Waals surface area (Å²) in [7, 11) is 0. The number of nitrogens with two attached hydrogens (primary N) is 1. The van der Waals surface area contributed by atoms with Gasteiger partial charge < -0.3 is 10.3 Å². The molecule has 0 saturated carbocycles. The molecular weight excluding hydrogens is 341 g/mol. The maximum absolute atomic E-state index is 14.2. The second-order valence-electron chi connectivity index (χ2n) is 6.23. The standard InChI is InChI=1S/C16H14ClF3N4/c17-16-15-13(1-2-22-16)23-14-4-8(12(21)6-24(14)15)7-3-10(19)11(20)5-9(7)18/h1-2,5,7-8,12H,3-4,6,21H2/t7?,8-,12?/m1/s1. The molecule has 0 radical (unpaired) electrons. The molecule has 0 fully saturated rings. The second kappa shape index (κ2) is 5.60. The van der Waals surface area contributed by atoms with E-state index in [1.54, 1.807) is 12.3 Å². The molecule has 3 atom stereocenters. The topological polar surface area (TPSA) is 56.7 Å². The molecule has 2 unspecified atom stereocenters. The van der Waals surface area contributed by atoms with E-state index in [2.05, 4.69) is 9.97 Å². The highest BCUT2D eigenvalue weighted by Gasteiger charge is 2.38. The molecule has 4 nitrogen and oxygen atoms in total. The zero-order chi connectivity index (χ0) is 17.0. The molecule has 2 N–H and O–H groups in total. The number of rotatable bonds is 1. The number of allylic oxidation sites excluding steroid dienone is 4. The van der Waals surface area contributed by atoms with Gasteiger partial charge in [-0.15, -0.1) is 0 Å². The Balaban J connectivity index is 1.72. The highest BCUT2D eigenvalue weighted by atomic mass is 35.5. The Morgan fingerprint density at radius 3 is 2.83 bits per heavy atom. The number of nitrogens with zero attached hydrogens (tertiary/aromatic N) is 3. The van der Waals surface area contributed by atoms with Crippen molar-refractivity contribution in [3.8, 4) is 0 Å². The van der Waals surface area contributed by atoms with Crippen LogP contribution in [0.1, 0.15) is 12.2 Å². The Morgan fingerprint density at radius 2 is 2.04 bits per heavy atom. The second-order valence-corrected chi connectivity index (χ2v) is 6.59. The van der Waals surface area contributed by atoms with Crippen LogP contribution >= 0.6 is 11.6 Å². The molecular formula is C16H14ClF3N4. The van der Waals surface area contributed by atoms with Crippen LogP contribution in [0.15, 0.2) is 35.8 Å². The molecule has 2 aliphatic rings. The van der Waals surface area contributed by atoms with E-state index in [9.17, 15) is 13.2 Å². The van der Waals surface area contributed by atoms with Crippen molar-refractivity contribution >= 4 is 22.6 Å². The maximum atomic E-state index is 14.2. The van der Waals surface area contributed by atoms with Crippen LogP contribution in [0.4, 0.5) is 13.2 Å². The van der Waals surface area contributed by atoms with Crippen LogP contribution in [0.3, 0.4) is 0 Å². The van der Waals surface area contributed by atoms with E-state index < -0.39 is 29.4 Å². The van der Waals surface area contributed by atoms with Crippen LogP contribution in [-0.2, 0) is 13.0 Å². The summed E-state index contributed by atoms with van der Waals surface area (Å²) in [6, 6.07) is 1.32. The number of aromatic nitrogens is 3. The van der Waals surface area contributed by atoms with Crippen molar-refractivity contribution in [2.45, 2.75) is 25.4 Å². The minimum Gasteiger partial charge on any atom is -0.326 e. The van der Waals surface area contributed by atoms with Crippen molar-refractivity contribution in [3.63, 3.8) is 0 Å². The SMILES string of the molecule is NC1Cn2c(nc3ccnc(Cl)c32)C[C@@H]1C1CC(F)=C(F)C=C1F. The van der Waals surface area contributed by atoms with Crippen LogP contribution in [0.25, 0.3) is 11.0 Å². The van der Waals surface area contributed by atoms with Crippen molar-refractivity contribution in [2.24, 2.45) is 17.6 Å². The highest BCUT2D eigenvalue weighted by molar-refractivity contribution is 6.33. The van der Waals surface area contributed by atoms with Crippen molar-refractivity contribution < 1.29 is 13.2 Å². The van der Waals surface area contributed by atoms with Gasteiger partial charge in [-0.1, -0.05) is 11.6 Å². The zero-order valence-corrected chi connectivity index (χ0v) is 13.3. The summed E-state index contributed by atoms with van der Waals surface area (Å²) in [5.41, 5.74) is 7.61. The fourth-order valence-electron chi connectivity index (χ4n) is 3.64. The van der Waals surface area contributed by atoms with Gasteiger partial charge in [0.05, 0.1) is 5.52 Å². The predicted octanol–water partition coefficient (Wildman–Crippen LogP) is 3.61. The lowest BCUT2D eigenvalue weighted by Crippen LogP contribution is -2.44. The third kappa shape index (κ3) is 2.34. The van der Waals surface area contributed by atoms with Gasteiger partial charge in [0.15, 0.2) is 11.0 Å². The first kappa shape index (κ1) is 15.7. The number of halogens is 4. The van der Waals surface area contributed by atoms with Crippen LogP contribution in [-0.4, -0.2) is 20.6 Å². The van der Waals surface area contributed by atoms with E-state index in [1.807, 2.05) is 4.57 Å². The summed E-state index contributed by atoms with van der Waals surface area (Å²) in [4.78, 5) is 8.56. The lowest BCUT2D eigenvalue weighted by molar-refractivity contribution is 0.217. The van der Waals surface area contributed by atoms with Gasteiger partial charge in [-0.05, 0) is 12.0 Å². The molecule has 0 aromatic carbocycles. The van der Waals surface area contributed by atoms with Crippen LogP contribution in [0.2, 0.25) is 5.15 Å². The van der Waals surface area contributed by atoms with E-state index in [0.29, 0.717) is 41.1 Å². The minimum atomic E-state index is -1.14. The highest BCUT2D eigenvalue weighted by Crippen LogP contribution is 2.41. The Bertz CT molecular complexity index is 889. The summed E-state index contributed by atoms with van der Waals surface area (Å²) >= 11 is 6.15. The average Bonchev–Trinajstić information content (AvgIpc) is 2.89. The molecule has 2 aromatic rings. The van der Waals surface area contributed by atoms with Crippen molar-refractivity contribution in [3.05, 3.63) is 46.8 Å². The van der Waals surface area contributed by atoms with E-state index in [0.717, 1.165) is 0 Å². The van der Waals surface area contributed by atoms with Crippen molar-refractivity contribution in [2.75, 3.05) is 0 Å². The number of imidazole rings is 1. The van der Waals surface area contributed by atoms with Crippen molar-refractivity contribution in [1.29, 1.82) is 0 Å². The summed E-state index contributed by atoms with van der Waals surface area (Å²) in [5, 5.41) is 0.330. The third-order valence-electron chi connectivity index (χ3n) is 4.84. The number of fused-ring (bicyclic) bond motifs is 3. The van der Waals surface area contributed by atoms with Gasteiger partial charge in [-0.3, -0.25) is 0 Å². The molecule has 126 valence electrons. The number of hydrogen-bond acceptors (Lipinski definition) is 3. The molecule has 2 aromatic heterocycles. The molecule has 1 aliphatic carbocycles. The molecule has 0 saturated heterocycles. The van der Waals surface area contributed by atoms with E-state index in [-0.39, 0.29) is 12.3 Å². The Hall–Kier alpha value is -1.86. The zero-order valence-electron chi connectivity index (χ0n) is 12.5. The van der Waals surface area contributed by atoms with Gasteiger partial charge in [0, 0.05) is 43.6 Å². The maximum Gasteiger partial charge on any atom is 0.157 e. The third-order valence-corrected chi connectivity index (χ3v) is 5.12. The van der Waals surface area contributed by atoms with Crippen LogP contribution in [0, 0.1) is 11.8 Å². The smallest absolute Gasteiger partial charge is 0.157 e. The van der Waals surface area contributed by atoms with Gasteiger partial charge in [-0.2, -0.15) is 0 Å². The lowest BCUT2D eigenvalue weighted by atomic mass is 9.77. The molecule has 1 aliphatic heterocycles. The molecule has 0 bridgehead atoms. The summed E-state index contributed by atoms with van der Waals surface area (Å²) in [5.74, 6) is -3.18. The summed E-state index contributed by atoms with van der Waals surface area (Å²) in [6.07, 6.45) is 2.24. The van der Waals surface area contributed by atoms with Gasteiger partial charge in [0.2, 0.25) is 0 Å². The molecule has 4 rings (SSSR count). The normalized spacial score (nSPS) is 27.4. The molecule has 3 heterocycles. The molecule has 24 heavy (non-hydrogen) atoms. The largest absolute Gasteiger partial charge is 0.326 e. The Labute approximate surface area is 140 Å². The summed E-state index contributed by atoms with van der Waals surface area (Å²) < 4.78 is 42.9. The fourth-order valence-corrected chi connectivity index (χ4v) is 3.89. The van der Waals surface area contributed by atoms with Crippen LogP contribution < -0.4 is 5.73 Å². The first-order valence-corrected chi connectivity index (χ1v) is 8.00. The minimum absolute atomic E-state index is 0.310. The van der Waals surface area contributed by atoms with E-state index in [1.165, 1.54) is 0 Å². The number of hydrogen-bond donors (Lipinski definition) is 1. The predicted molar refractivity (Wildman–Crippen MR) is 84.2 cm³/mol. The summed E-state index contributed by atoms with van der Waals surface area (Å²) in [6.45, 7) is 0.375. The van der Waals surface area contributed by atoms with Crippen molar-refractivity contribution in [1.82, 2.24) is 14.5 Å². The van der Waals surface area contributed by atoms with E-state index in [4.69, 9.17) is 17.3 Å². The monoisotopic (exact) mass is 354 g/mol. The Kier molecular flexibility index (Phi) is 3.65. The quantitative estimate of drug-likeness (QED) is 0.796. The average molecular weight is 355 g/mol. The number of pyridine rings is 1. The molecule has 0 amide bonds. The molecule has 8 heteroatoms.